The molecule has 1 amide bonds. The first-order valence-electron chi connectivity index (χ1n) is 8.63. The van der Waals surface area contributed by atoms with E-state index in [9.17, 15) is 9.59 Å². The Balaban J connectivity index is 1.71. The van der Waals surface area contributed by atoms with E-state index in [1.165, 1.54) is 12.1 Å². The van der Waals surface area contributed by atoms with Gasteiger partial charge in [-0.3, -0.25) is 4.79 Å². The first-order chi connectivity index (χ1) is 13.0. The average molecular weight is 370 g/mol. The molecule has 1 fully saturated rings. The molecule has 0 radical (unpaired) electrons. The van der Waals surface area contributed by atoms with E-state index in [4.69, 9.17) is 14.6 Å². The summed E-state index contributed by atoms with van der Waals surface area (Å²) in [5.41, 5.74) is 1.43. The molecule has 0 atom stereocenters. The van der Waals surface area contributed by atoms with Gasteiger partial charge < -0.3 is 24.4 Å². The maximum atomic E-state index is 12.7. The van der Waals surface area contributed by atoms with Crippen LogP contribution in [0.3, 0.4) is 0 Å². The highest BCUT2D eigenvalue weighted by atomic mass is 16.5. The molecule has 0 unspecified atom stereocenters. The molecule has 2 aromatic rings. The number of hydrogen-bond acceptors (Lipinski definition) is 5. The van der Waals surface area contributed by atoms with Gasteiger partial charge in [0, 0.05) is 37.8 Å². The largest absolute Gasteiger partial charge is 0.497 e. The summed E-state index contributed by atoms with van der Waals surface area (Å²) in [6.07, 6.45) is 0. The van der Waals surface area contributed by atoms with Crippen molar-refractivity contribution in [1.29, 1.82) is 0 Å². The van der Waals surface area contributed by atoms with Crippen molar-refractivity contribution in [3.05, 3.63) is 53.6 Å². The van der Waals surface area contributed by atoms with Crippen LogP contribution in [0, 0.1) is 0 Å². The molecule has 1 saturated heterocycles. The van der Waals surface area contributed by atoms with E-state index in [1.54, 1.807) is 31.3 Å². The van der Waals surface area contributed by atoms with E-state index in [0.717, 1.165) is 17.2 Å². The maximum Gasteiger partial charge on any atom is 0.335 e. The number of aromatic carboxylic acids is 1. The quantitative estimate of drug-likeness (QED) is 0.870. The fourth-order valence-electron chi connectivity index (χ4n) is 3.16. The van der Waals surface area contributed by atoms with Crippen molar-refractivity contribution in [3.8, 4) is 11.5 Å². The van der Waals surface area contributed by atoms with Gasteiger partial charge in [-0.15, -0.1) is 0 Å². The average Bonchev–Trinajstić information content (AvgIpc) is 2.73. The molecule has 1 N–H and O–H groups in total. The van der Waals surface area contributed by atoms with Crippen LogP contribution in [-0.4, -0.2) is 62.3 Å². The molecule has 1 aliphatic rings. The highest BCUT2D eigenvalue weighted by Gasteiger charge is 2.24. The molecular formula is C20H22N2O5. The number of methoxy groups -OCH3 is 2. The van der Waals surface area contributed by atoms with Crippen LogP contribution in [0.5, 0.6) is 11.5 Å². The van der Waals surface area contributed by atoms with Gasteiger partial charge in [-0.05, 0) is 30.3 Å². The molecule has 0 aliphatic carbocycles. The van der Waals surface area contributed by atoms with Crippen molar-refractivity contribution in [2.24, 2.45) is 0 Å². The lowest BCUT2D eigenvalue weighted by Gasteiger charge is -2.36. The standard InChI is InChI=1S/C20H22N2O5/c1-26-16-6-7-18(27-2)17(13-16)21-8-10-22(11-9-21)19(23)14-4-3-5-15(12-14)20(24)25/h3-7,12-13H,8-11H2,1-2H3,(H,24,25). The summed E-state index contributed by atoms with van der Waals surface area (Å²) in [5, 5.41) is 9.10. The van der Waals surface area contributed by atoms with Crippen molar-refractivity contribution in [2.75, 3.05) is 45.3 Å². The number of piperazine rings is 1. The van der Waals surface area contributed by atoms with Crippen molar-refractivity contribution < 1.29 is 24.2 Å². The number of carboxylic acids is 1. The van der Waals surface area contributed by atoms with Gasteiger partial charge in [0.15, 0.2) is 0 Å². The molecule has 27 heavy (non-hydrogen) atoms. The number of rotatable bonds is 5. The Kier molecular flexibility index (Phi) is 5.49. The lowest BCUT2D eigenvalue weighted by molar-refractivity contribution is 0.0697. The Hall–Kier alpha value is -3.22. The summed E-state index contributed by atoms with van der Waals surface area (Å²) in [4.78, 5) is 27.7. The predicted octanol–water partition coefficient (Wildman–Crippen LogP) is 2.36. The van der Waals surface area contributed by atoms with Crippen molar-refractivity contribution in [2.45, 2.75) is 0 Å². The van der Waals surface area contributed by atoms with E-state index in [0.29, 0.717) is 31.7 Å². The van der Waals surface area contributed by atoms with E-state index >= 15 is 0 Å². The molecule has 0 aromatic heterocycles. The lowest BCUT2D eigenvalue weighted by atomic mass is 10.1. The smallest absolute Gasteiger partial charge is 0.335 e. The molecule has 142 valence electrons. The number of ether oxygens (including phenoxy) is 2. The Labute approximate surface area is 157 Å². The zero-order valence-electron chi connectivity index (χ0n) is 15.3. The van der Waals surface area contributed by atoms with Crippen molar-refractivity contribution in [3.63, 3.8) is 0 Å². The number of anilines is 1. The topological polar surface area (TPSA) is 79.3 Å². The van der Waals surface area contributed by atoms with Gasteiger partial charge in [0.2, 0.25) is 0 Å². The van der Waals surface area contributed by atoms with Gasteiger partial charge in [-0.2, -0.15) is 0 Å². The molecule has 7 nitrogen and oxygen atoms in total. The third-order valence-electron chi connectivity index (χ3n) is 4.65. The summed E-state index contributed by atoms with van der Waals surface area (Å²) in [7, 11) is 3.24. The summed E-state index contributed by atoms with van der Waals surface area (Å²) < 4.78 is 10.7. The second-order valence-corrected chi connectivity index (χ2v) is 6.20. The molecule has 0 bridgehead atoms. The monoisotopic (exact) mass is 370 g/mol. The summed E-state index contributed by atoms with van der Waals surface area (Å²) in [6.45, 7) is 2.37. The van der Waals surface area contributed by atoms with Crippen LogP contribution < -0.4 is 14.4 Å². The van der Waals surface area contributed by atoms with E-state index in [2.05, 4.69) is 4.90 Å². The minimum Gasteiger partial charge on any atom is -0.497 e. The number of hydrogen-bond donors (Lipinski definition) is 1. The van der Waals surface area contributed by atoms with Gasteiger partial charge in [0.05, 0.1) is 25.5 Å². The zero-order valence-corrected chi connectivity index (χ0v) is 15.3. The normalized spacial score (nSPS) is 14.0. The van der Waals surface area contributed by atoms with Crippen LogP contribution in [0.1, 0.15) is 20.7 Å². The molecule has 3 rings (SSSR count). The van der Waals surface area contributed by atoms with E-state index in [-0.39, 0.29) is 11.5 Å². The van der Waals surface area contributed by atoms with Crippen molar-refractivity contribution >= 4 is 17.6 Å². The predicted molar refractivity (Wildman–Crippen MR) is 101 cm³/mol. The molecule has 7 heteroatoms. The van der Waals surface area contributed by atoms with Crippen LogP contribution in [0.2, 0.25) is 0 Å². The minimum absolute atomic E-state index is 0.112. The third-order valence-corrected chi connectivity index (χ3v) is 4.65. The maximum absolute atomic E-state index is 12.7. The second-order valence-electron chi connectivity index (χ2n) is 6.20. The number of nitrogens with zero attached hydrogens (tertiary/aromatic N) is 2. The zero-order chi connectivity index (χ0) is 19.4. The SMILES string of the molecule is COc1ccc(OC)c(N2CCN(C(=O)c3cccc(C(=O)O)c3)CC2)c1. The van der Waals surface area contributed by atoms with Gasteiger partial charge >= 0.3 is 5.97 Å². The Bertz CT molecular complexity index is 844. The molecule has 1 heterocycles. The third kappa shape index (κ3) is 3.97. The van der Waals surface area contributed by atoms with Crippen molar-refractivity contribution in [1.82, 2.24) is 4.90 Å². The van der Waals surface area contributed by atoms with E-state index in [1.807, 2.05) is 18.2 Å². The van der Waals surface area contributed by atoms with Crippen LogP contribution in [0.25, 0.3) is 0 Å². The number of carboxylic acid groups (broad SMARTS) is 1. The first-order valence-corrected chi connectivity index (χ1v) is 8.63. The molecule has 0 spiro atoms. The second kappa shape index (κ2) is 7.99. The Morgan fingerprint density at radius 1 is 0.926 bits per heavy atom. The minimum atomic E-state index is -1.04. The number of carbonyl (C=O) groups is 2. The molecule has 2 aromatic carbocycles. The summed E-state index contributed by atoms with van der Waals surface area (Å²) in [6, 6.07) is 11.8. The van der Waals surface area contributed by atoms with Gasteiger partial charge in [-0.1, -0.05) is 6.07 Å². The van der Waals surface area contributed by atoms with Crippen LogP contribution in [-0.2, 0) is 0 Å². The Morgan fingerprint density at radius 2 is 1.63 bits per heavy atom. The Morgan fingerprint density at radius 3 is 2.26 bits per heavy atom. The highest BCUT2D eigenvalue weighted by Crippen LogP contribution is 2.33. The molecular weight excluding hydrogens is 348 g/mol. The fraction of sp³-hybridized carbons (Fsp3) is 0.300. The van der Waals surface area contributed by atoms with Crippen LogP contribution in [0.4, 0.5) is 5.69 Å². The van der Waals surface area contributed by atoms with Gasteiger partial charge in [0.25, 0.3) is 5.91 Å². The number of carbonyl (C=O) groups excluding carboxylic acids is 1. The highest BCUT2D eigenvalue weighted by molar-refractivity contribution is 5.97. The first kappa shape index (κ1) is 18.6. The fourth-order valence-corrected chi connectivity index (χ4v) is 3.16. The van der Waals surface area contributed by atoms with Gasteiger partial charge in [-0.25, -0.2) is 4.79 Å². The molecule has 0 saturated carbocycles. The summed E-state index contributed by atoms with van der Waals surface area (Å²) >= 11 is 0. The van der Waals surface area contributed by atoms with E-state index < -0.39 is 5.97 Å². The van der Waals surface area contributed by atoms with Gasteiger partial charge in [0.1, 0.15) is 11.5 Å². The molecule has 1 aliphatic heterocycles. The van der Waals surface area contributed by atoms with Crippen LogP contribution >= 0.6 is 0 Å². The lowest BCUT2D eigenvalue weighted by Crippen LogP contribution is -2.48. The number of benzene rings is 2. The number of amides is 1. The van der Waals surface area contributed by atoms with Crippen LogP contribution in [0.15, 0.2) is 42.5 Å². The summed E-state index contributed by atoms with van der Waals surface area (Å²) in [5.74, 6) is 0.300.